The van der Waals surface area contributed by atoms with Gasteiger partial charge in [-0.2, -0.15) is 0 Å². The lowest BCUT2D eigenvalue weighted by molar-refractivity contribution is 0.267. The number of aliphatic hydroxyl groups is 1. The zero-order valence-electron chi connectivity index (χ0n) is 9.20. The number of aliphatic hydroxyl groups excluding tert-OH is 1. The van der Waals surface area contributed by atoms with Crippen LogP contribution in [0.15, 0.2) is 18.2 Å². The molecule has 1 aromatic carbocycles. The first-order valence-corrected chi connectivity index (χ1v) is 5.18. The first-order chi connectivity index (χ1) is 7.06. The molecule has 84 valence electrons. The molecule has 0 bridgehead atoms. The SMILES string of the molecule is Cc1ccc(F)c(C(CCO)C(C)N)c1. The summed E-state index contributed by atoms with van der Waals surface area (Å²) in [6.45, 7) is 3.78. The number of aryl methyl sites for hydroxylation is 1. The van der Waals surface area contributed by atoms with E-state index in [0.29, 0.717) is 12.0 Å². The van der Waals surface area contributed by atoms with E-state index in [1.54, 1.807) is 12.1 Å². The van der Waals surface area contributed by atoms with E-state index < -0.39 is 0 Å². The van der Waals surface area contributed by atoms with E-state index in [1.165, 1.54) is 6.07 Å². The van der Waals surface area contributed by atoms with Crippen molar-refractivity contribution >= 4 is 0 Å². The van der Waals surface area contributed by atoms with Gasteiger partial charge >= 0.3 is 0 Å². The minimum absolute atomic E-state index is 0.0274. The van der Waals surface area contributed by atoms with E-state index in [4.69, 9.17) is 10.8 Å². The van der Waals surface area contributed by atoms with Gasteiger partial charge in [-0.15, -0.1) is 0 Å². The van der Waals surface area contributed by atoms with Crippen LogP contribution in [0.1, 0.15) is 30.4 Å². The molecule has 1 rings (SSSR count). The molecule has 0 heterocycles. The molecule has 2 atom stereocenters. The maximum Gasteiger partial charge on any atom is 0.126 e. The summed E-state index contributed by atoms with van der Waals surface area (Å²) in [5.41, 5.74) is 7.42. The van der Waals surface area contributed by atoms with Crippen LogP contribution in [0.3, 0.4) is 0 Å². The van der Waals surface area contributed by atoms with Crippen molar-refractivity contribution in [2.24, 2.45) is 5.73 Å². The maximum atomic E-state index is 13.6. The molecule has 2 unspecified atom stereocenters. The van der Waals surface area contributed by atoms with Crippen molar-refractivity contribution < 1.29 is 9.50 Å². The molecule has 0 aliphatic carbocycles. The number of hydrogen-bond donors (Lipinski definition) is 2. The molecule has 0 aliphatic rings. The third kappa shape index (κ3) is 3.01. The predicted molar refractivity (Wildman–Crippen MR) is 59.2 cm³/mol. The Balaban J connectivity index is 3.04. The fourth-order valence-electron chi connectivity index (χ4n) is 1.79. The minimum Gasteiger partial charge on any atom is -0.396 e. The van der Waals surface area contributed by atoms with Gasteiger partial charge in [0.25, 0.3) is 0 Å². The Morgan fingerprint density at radius 2 is 2.13 bits per heavy atom. The van der Waals surface area contributed by atoms with Crippen molar-refractivity contribution in [1.29, 1.82) is 0 Å². The Kier molecular flexibility index (Phi) is 4.24. The third-order valence-corrected chi connectivity index (χ3v) is 2.63. The van der Waals surface area contributed by atoms with Gasteiger partial charge in [0.1, 0.15) is 5.82 Å². The van der Waals surface area contributed by atoms with Gasteiger partial charge in [-0.25, -0.2) is 4.39 Å². The van der Waals surface area contributed by atoms with Crippen LogP contribution >= 0.6 is 0 Å². The van der Waals surface area contributed by atoms with Crippen molar-refractivity contribution in [3.8, 4) is 0 Å². The molecule has 3 heteroatoms. The van der Waals surface area contributed by atoms with Gasteiger partial charge in [-0.05, 0) is 31.9 Å². The molecular formula is C12H18FNO. The van der Waals surface area contributed by atoms with Crippen LogP contribution in [-0.4, -0.2) is 17.8 Å². The smallest absolute Gasteiger partial charge is 0.126 e. The lowest BCUT2D eigenvalue weighted by Crippen LogP contribution is -2.26. The fourth-order valence-corrected chi connectivity index (χ4v) is 1.79. The van der Waals surface area contributed by atoms with E-state index >= 15 is 0 Å². The monoisotopic (exact) mass is 211 g/mol. The average molecular weight is 211 g/mol. The first-order valence-electron chi connectivity index (χ1n) is 5.18. The maximum absolute atomic E-state index is 13.6. The van der Waals surface area contributed by atoms with E-state index in [-0.39, 0.29) is 24.4 Å². The summed E-state index contributed by atoms with van der Waals surface area (Å²) in [5, 5.41) is 8.93. The normalized spacial score (nSPS) is 15.0. The second-order valence-electron chi connectivity index (χ2n) is 4.00. The number of nitrogens with two attached hydrogens (primary N) is 1. The largest absolute Gasteiger partial charge is 0.396 e. The van der Waals surface area contributed by atoms with Crippen LogP contribution in [0.5, 0.6) is 0 Å². The molecule has 0 fully saturated rings. The minimum atomic E-state index is -0.239. The molecule has 0 saturated carbocycles. The summed E-state index contributed by atoms with van der Waals surface area (Å²) < 4.78 is 13.6. The summed E-state index contributed by atoms with van der Waals surface area (Å²) in [6.07, 6.45) is 0.498. The number of benzene rings is 1. The van der Waals surface area contributed by atoms with E-state index in [0.717, 1.165) is 5.56 Å². The van der Waals surface area contributed by atoms with Gasteiger partial charge < -0.3 is 10.8 Å². The van der Waals surface area contributed by atoms with E-state index in [9.17, 15) is 4.39 Å². The van der Waals surface area contributed by atoms with Crippen molar-refractivity contribution in [3.63, 3.8) is 0 Å². The fraction of sp³-hybridized carbons (Fsp3) is 0.500. The lowest BCUT2D eigenvalue weighted by Gasteiger charge is -2.21. The Bertz CT molecular complexity index is 325. The van der Waals surface area contributed by atoms with Crippen molar-refractivity contribution in [3.05, 3.63) is 35.1 Å². The van der Waals surface area contributed by atoms with Gasteiger partial charge in [0.2, 0.25) is 0 Å². The molecule has 3 N–H and O–H groups in total. The highest BCUT2D eigenvalue weighted by molar-refractivity contribution is 5.28. The summed E-state index contributed by atoms with van der Waals surface area (Å²) in [4.78, 5) is 0. The van der Waals surface area contributed by atoms with Crippen LogP contribution in [0, 0.1) is 12.7 Å². The first kappa shape index (κ1) is 12.1. The Labute approximate surface area is 89.9 Å². The Morgan fingerprint density at radius 3 is 2.67 bits per heavy atom. The molecule has 0 aromatic heterocycles. The van der Waals surface area contributed by atoms with Crippen molar-refractivity contribution in [2.45, 2.75) is 32.2 Å². The summed E-state index contributed by atoms with van der Waals surface area (Å²) in [5.74, 6) is -0.355. The highest BCUT2D eigenvalue weighted by Crippen LogP contribution is 2.25. The molecule has 0 radical (unpaired) electrons. The van der Waals surface area contributed by atoms with Crippen molar-refractivity contribution in [2.75, 3.05) is 6.61 Å². The third-order valence-electron chi connectivity index (χ3n) is 2.63. The topological polar surface area (TPSA) is 46.2 Å². The predicted octanol–water partition coefficient (Wildman–Crippen LogP) is 1.95. The summed E-state index contributed by atoms with van der Waals surface area (Å²) in [6, 6.07) is 4.83. The number of hydrogen-bond acceptors (Lipinski definition) is 2. The highest BCUT2D eigenvalue weighted by Gasteiger charge is 2.19. The zero-order chi connectivity index (χ0) is 11.4. The Hall–Kier alpha value is -0.930. The summed E-state index contributed by atoms with van der Waals surface area (Å²) in [7, 11) is 0. The van der Waals surface area contributed by atoms with E-state index in [2.05, 4.69) is 0 Å². The molecular weight excluding hydrogens is 193 g/mol. The van der Waals surface area contributed by atoms with Gasteiger partial charge in [0, 0.05) is 18.6 Å². The van der Waals surface area contributed by atoms with Gasteiger partial charge in [0.15, 0.2) is 0 Å². The molecule has 1 aromatic rings. The highest BCUT2D eigenvalue weighted by atomic mass is 19.1. The number of halogens is 1. The molecule has 0 spiro atoms. The molecule has 0 amide bonds. The van der Waals surface area contributed by atoms with Crippen LogP contribution in [0.4, 0.5) is 4.39 Å². The van der Waals surface area contributed by atoms with E-state index in [1.807, 2.05) is 13.8 Å². The van der Waals surface area contributed by atoms with Gasteiger partial charge in [-0.3, -0.25) is 0 Å². The standard InChI is InChI=1S/C12H18FNO/c1-8-3-4-12(13)11(7-8)10(5-6-15)9(2)14/h3-4,7,9-10,15H,5-6,14H2,1-2H3. The molecule has 15 heavy (non-hydrogen) atoms. The number of rotatable bonds is 4. The molecule has 0 saturated heterocycles. The van der Waals surface area contributed by atoms with Crippen LogP contribution < -0.4 is 5.73 Å². The second kappa shape index (κ2) is 5.24. The van der Waals surface area contributed by atoms with Gasteiger partial charge in [-0.1, -0.05) is 17.7 Å². The molecule has 0 aliphatic heterocycles. The quantitative estimate of drug-likeness (QED) is 0.799. The molecule has 2 nitrogen and oxygen atoms in total. The lowest BCUT2D eigenvalue weighted by atomic mass is 9.89. The van der Waals surface area contributed by atoms with Crippen molar-refractivity contribution in [1.82, 2.24) is 0 Å². The van der Waals surface area contributed by atoms with Gasteiger partial charge in [0.05, 0.1) is 0 Å². The Morgan fingerprint density at radius 1 is 1.47 bits per heavy atom. The van der Waals surface area contributed by atoms with Crippen LogP contribution in [0.2, 0.25) is 0 Å². The average Bonchev–Trinajstić information content (AvgIpc) is 2.18. The zero-order valence-corrected chi connectivity index (χ0v) is 9.20. The second-order valence-corrected chi connectivity index (χ2v) is 4.00. The van der Waals surface area contributed by atoms with Crippen LogP contribution in [0.25, 0.3) is 0 Å². The summed E-state index contributed by atoms with van der Waals surface area (Å²) >= 11 is 0. The van der Waals surface area contributed by atoms with Crippen LogP contribution in [-0.2, 0) is 0 Å².